The minimum atomic E-state index is -3.69. The van der Waals surface area contributed by atoms with Gasteiger partial charge in [0.25, 0.3) is 0 Å². The first-order valence-corrected chi connectivity index (χ1v) is 11.7. The standard InChI is InChI=1S/C21H20FN7O3S/c1-33(31,32)19-8-7-14(9-16(19)22)25-21-23-10-15(17-11-24-29-28-17)20(27-21)26-18(12-30)13-5-3-2-4-6-13/h2-11,18,30H,12H2,1H3,(H,24,28,29)(H2,23,25,26,27)/t18-/m1/s1. The lowest BCUT2D eigenvalue weighted by atomic mass is 10.1. The van der Waals surface area contributed by atoms with Crippen molar-refractivity contribution in [3.63, 3.8) is 0 Å². The average molecular weight is 470 g/mol. The Balaban J connectivity index is 1.67. The summed E-state index contributed by atoms with van der Waals surface area (Å²) in [6, 6.07) is 12.5. The third kappa shape index (κ3) is 5.13. The van der Waals surface area contributed by atoms with Crippen molar-refractivity contribution in [3.05, 3.63) is 72.3 Å². The van der Waals surface area contributed by atoms with E-state index in [0.717, 1.165) is 17.9 Å². The molecule has 4 N–H and O–H groups in total. The number of aromatic nitrogens is 5. The smallest absolute Gasteiger partial charge is 0.229 e. The molecule has 4 rings (SSSR count). The van der Waals surface area contributed by atoms with Crippen LogP contribution in [0.1, 0.15) is 11.6 Å². The predicted molar refractivity (Wildman–Crippen MR) is 120 cm³/mol. The van der Waals surface area contributed by atoms with E-state index in [4.69, 9.17) is 0 Å². The first kappa shape index (κ1) is 22.3. The van der Waals surface area contributed by atoms with Crippen LogP contribution >= 0.6 is 0 Å². The van der Waals surface area contributed by atoms with Gasteiger partial charge in [-0.2, -0.15) is 20.4 Å². The molecule has 10 nitrogen and oxygen atoms in total. The Hall–Kier alpha value is -3.90. The molecule has 0 saturated carbocycles. The Kier molecular flexibility index (Phi) is 6.29. The van der Waals surface area contributed by atoms with Crippen molar-refractivity contribution in [2.24, 2.45) is 0 Å². The van der Waals surface area contributed by atoms with E-state index in [2.05, 4.69) is 36.0 Å². The molecule has 0 aliphatic rings. The average Bonchev–Trinajstić information content (AvgIpc) is 3.32. The Bertz CT molecular complexity index is 1350. The number of hydrogen-bond donors (Lipinski definition) is 4. The molecule has 0 aliphatic carbocycles. The highest BCUT2D eigenvalue weighted by Crippen LogP contribution is 2.29. The number of aromatic amines is 1. The van der Waals surface area contributed by atoms with Crippen LogP contribution in [0.5, 0.6) is 0 Å². The highest BCUT2D eigenvalue weighted by atomic mass is 32.2. The second-order valence-electron chi connectivity index (χ2n) is 7.14. The van der Waals surface area contributed by atoms with Gasteiger partial charge in [0.15, 0.2) is 9.84 Å². The zero-order chi connectivity index (χ0) is 23.4. The van der Waals surface area contributed by atoms with Crippen LogP contribution in [0.2, 0.25) is 0 Å². The number of nitrogens with zero attached hydrogens (tertiary/aromatic N) is 4. The fourth-order valence-corrected chi connectivity index (χ4v) is 3.89. The number of nitrogens with one attached hydrogen (secondary N) is 3. The van der Waals surface area contributed by atoms with Gasteiger partial charge < -0.3 is 15.7 Å². The van der Waals surface area contributed by atoms with Crippen molar-refractivity contribution < 1.29 is 17.9 Å². The maximum absolute atomic E-state index is 14.3. The summed E-state index contributed by atoms with van der Waals surface area (Å²) in [6.45, 7) is -0.201. The second kappa shape index (κ2) is 9.30. The van der Waals surface area contributed by atoms with Crippen LogP contribution in [0.3, 0.4) is 0 Å². The summed E-state index contributed by atoms with van der Waals surface area (Å²) < 4.78 is 37.5. The van der Waals surface area contributed by atoms with Crippen molar-refractivity contribution >= 4 is 27.3 Å². The Morgan fingerprint density at radius 2 is 1.94 bits per heavy atom. The largest absolute Gasteiger partial charge is 0.394 e. The van der Waals surface area contributed by atoms with Gasteiger partial charge in [-0.05, 0) is 23.8 Å². The monoisotopic (exact) mass is 469 g/mol. The van der Waals surface area contributed by atoms with Gasteiger partial charge in [0.1, 0.15) is 22.2 Å². The van der Waals surface area contributed by atoms with Crippen molar-refractivity contribution in [1.82, 2.24) is 25.4 Å². The lowest BCUT2D eigenvalue weighted by Crippen LogP contribution is -2.17. The van der Waals surface area contributed by atoms with Crippen molar-refractivity contribution in [2.45, 2.75) is 10.9 Å². The molecule has 33 heavy (non-hydrogen) atoms. The maximum atomic E-state index is 14.3. The Labute approximate surface area is 188 Å². The van der Waals surface area contributed by atoms with E-state index in [1.807, 2.05) is 30.3 Å². The fraction of sp³-hybridized carbons (Fsp3) is 0.143. The van der Waals surface area contributed by atoms with Gasteiger partial charge in [0.05, 0.1) is 24.4 Å². The number of anilines is 3. The van der Waals surface area contributed by atoms with Gasteiger partial charge in [-0.15, -0.1) is 0 Å². The summed E-state index contributed by atoms with van der Waals surface area (Å²) in [5.74, 6) is -0.400. The number of H-pyrrole nitrogens is 1. The van der Waals surface area contributed by atoms with E-state index in [-0.39, 0.29) is 18.2 Å². The molecule has 0 unspecified atom stereocenters. The van der Waals surface area contributed by atoms with E-state index in [1.165, 1.54) is 24.5 Å². The highest BCUT2D eigenvalue weighted by Gasteiger charge is 2.18. The zero-order valence-electron chi connectivity index (χ0n) is 17.4. The highest BCUT2D eigenvalue weighted by molar-refractivity contribution is 7.90. The normalized spacial score (nSPS) is 12.3. The molecule has 2 aromatic heterocycles. The molecule has 12 heteroatoms. The van der Waals surface area contributed by atoms with Crippen LogP contribution in [0.15, 0.2) is 65.8 Å². The SMILES string of the molecule is CS(=O)(=O)c1ccc(Nc2ncc(-c3cn[nH]n3)c(N[C@H](CO)c3ccccc3)n2)cc1F. The molecule has 0 fully saturated rings. The van der Waals surface area contributed by atoms with E-state index < -0.39 is 26.6 Å². The summed E-state index contributed by atoms with van der Waals surface area (Å²) in [4.78, 5) is 8.32. The summed E-state index contributed by atoms with van der Waals surface area (Å²) in [7, 11) is -3.69. The van der Waals surface area contributed by atoms with Crippen LogP contribution in [0.4, 0.5) is 21.8 Å². The summed E-state index contributed by atoms with van der Waals surface area (Å²) in [5, 5.41) is 26.4. The number of sulfone groups is 1. The van der Waals surface area contributed by atoms with Crippen LogP contribution in [-0.2, 0) is 9.84 Å². The number of aliphatic hydroxyl groups is 1. The van der Waals surface area contributed by atoms with Gasteiger partial charge in [0.2, 0.25) is 5.95 Å². The third-order valence-electron chi connectivity index (χ3n) is 4.76. The minimum absolute atomic E-state index is 0.126. The number of benzene rings is 2. The van der Waals surface area contributed by atoms with Gasteiger partial charge in [-0.25, -0.2) is 17.8 Å². The molecule has 0 amide bonds. The molecule has 4 aromatic rings. The van der Waals surface area contributed by atoms with Gasteiger partial charge in [-0.1, -0.05) is 30.3 Å². The molecule has 0 bridgehead atoms. The Morgan fingerprint density at radius 3 is 2.58 bits per heavy atom. The van der Waals surface area contributed by atoms with Crippen molar-refractivity contribution in [2.75, 3.05) is 23.5 Å². The topological polar surface area (TPSA) is 146 Å². The number of hydrogen-bond acceptors (Lipinski definition) is 9. The van der Waals surface area contributed by atoms with Crippen LogP contribution in [-0.4, -0.2) is 51.8 Å². The lowest BCUT2D eigenvalue weighted by Gasteiger charge is -2.19. The first-order chi connectivity index (χ1) is 15.8. The molecular weight excluding hydrogens is 449 g/mol. The van der Waals surface area contributed by atoms with Gasteiger partial charge in [0, 0.05) is 18.1 Å². The van der Waals surface area contributed by atoms with Crippen LogP contribution in [0, 0.1) is 5.82 Å². The molecule has 0 aliphatic heterocycles. The molecule has 2 heterocycles. The van der Waals surface area contributed by atoms with E-state index in [1.54, 1.807) is 0 Å². The van der Waals surface area contributed by atoms with Crippen LogP contribution in [0.25, 0.3) is 11.3 Å². The fourth-order valence-electron chi connectivity index (χ4n) is 3.16. The number of aliphatic hydroxyl groups excluding tert-OH is 1. The van der Waals surface area contributed by atoms with E-state index >= 15 is 0 Å². The molecule has 0 radical (unpaired) electrons. The predicted octanol–water partition coefficient (Wildman–Crippen LogP) is 2.69. The summed E-state index contributed by atoms with van der Waals surface area (Å²) >= 11 is 0. The zero-order valence-corrected chi connectivity index (χ0v) is 18.2. The first-order valence-electron chi connectivity index (χ1n) is 9.77. The third-order valence-corrected chi connectivity index (χ3v) is 5.89. The molecule has 2 aromatic carbocycles. The van der Waals surface area contributed by atoms with E-state index in [9.17, 15) is 17.9 Å². The minimum Gasteiger partial charge on any atom is -0.394 e. The van der Waals surface area contributed by atoms with Crippen LogP contribution < -0.4 is 10.6 Å². The van der Waals surface area contributed by atoms with Gasteiger partial charge in [-0.3, -0.25) is 0 Å². The molecule has 0 saturated heterocycles. The summed E-state index contributed by atoms with van der Waals surface area (Å²) in [6.07, 6.45) is 3.95. The maximum Gasteiger partial charge on any atom is 0.229 e. The Morgan fingerprint density at radius 1 is 1.15 bits per heavy atom. The quantitative estimate of drug-likeness (QED) is 0.306. The number of rotatable bonds is 8. The van der Waals surface area contributed by atoms with Crippen molar-refractivity contribution in [3.8, 4) is 11.3 Å². The molecule has 0 spiro atoms. The van der Waals surface area contributed by atoms with Gasteiger partial charge >= 0.3 is 0 Å². The second-order valence-corrected chi connectivity index (χ2v) is 9.13. The summed E-state index contributed by atoms with van der Waals surface area (Å²) in [5.41, 5.74) is 2.12. The molecular formula is C21H20FN7O3S. The lowest BCUT2D eigenvalue weighted by molar-refractivity contribution is 0.276. The number of halogens is 1. The van der Waals surface area contributed by atoms with E-state index in [0.29, 0.717) is 17.1 Å². The molecule has 170 valence electrons. The molecule has 1 atom stereocenters. The van der Waals surface area contributed by atoms with Crippen molar-refractivity contribution in [1.29, 1.82) is 0 Å².